The van der Waals surface area contributed by atoms with Gasteiger partial charge in [-0.25, -0.2) is 0 Å². The normalized spacial score (nSPS) is 26.8. The molecule has 8 heteroatoms. The van der Waals surface area contributed by atoms with Crippen LogP contribution >= 0.6 is 0 Å². The zero-order chi connectivity index (χ0) is 29.2. The van der Waals surface area contributed by atoms with Crippen LogP contribution in [0, 0.1) is 10.8 Å². The quantitative estimate of drug-likeness (QED) is 0.188. The first-order valence-electron chi connectivity index (χ1n) is 16.1. The van der Waals surface area contributed by atoms with Gasteiger partial charge in [-0.15, -0.1) is 0 Å². The number of carbonyl (C=O) groups excluding carboxylic acids is 3. The predicted octanol–water partition coefficient (Wildman–Crippen LogP) is 5.95. The van der Waals surface area contributed by atoms with Gasteiger partial charge in [-0.05, 0) is 52.4 Å². The molecule has 2 N–H and O–H groups in total. The van der Waals surface area contributed by atoms with Gasteiger partial charge in [0.2, 0.25) is 11.8 Å². The zero-order valence-electron chi connectivity index (χ0n) is 25.9. The predicted molar refractivity (Wildman–Crippen MR) is 155 cm³/mol. The summed E-state index contributed by atoms with van der Waals surface area (Å²) in [4.78, 5) is 39.0. The van der Waals surface area contributed by atoms with E-state index in [4.69, 9.17) is 14.2 Å². The average molecular weight is 565 g/mol. The maximum atomic E-state index is 13.4. The molecule has 0 aromatic heterocycles. The Hall–Kier alpha value is -1.67. The van der Waals surface area contributed by atoms with Gasteiger partial charge in [-0.2, -0.15) is 0 Å². The minimum Gasteiger partial charge on any atom is -0.460 e. The molecule has 2 saturated carbocycles. The number of nitrogens with one attached hydrogen (secondary N) is 2. The van der Waals surface area contributed by atoms with E-state index in [0.29, 0.717) is 6.61 Å². The van der Waals surface area contributed by atoms with E-state index < -0.39 is 17.3 Å². The first kappa shape index (κ1) is 32.8. The summed E-state index contributed by atoms with van der Waals surface area (Å²) in [5, 5.41) is 6.15. The molecule has 0 radical (unpaired) electrons. The van der Waals surface area contributed by atoms with Crippen molar-refractivity contribution in [2.45, 2.75) is 161 Å². The van der Waals surface area contributed by atoms with E-state index in [-0.39, 0.29) is 48.3 Å². The number of unbranched alkanes of at least 4 members (excludes halogenated alkanes) is 6. The minimum absolute atomic E-state index is 0.0815. The smallest absolute Gasteiger partial charge is 0.307 e. The largest absolute Gasteiger partial charge is 0.460 e. The van der Waals surface area contributed by atoms with Crippen molar-refractivity contribution < 1.29 is 28.6 Å². The van der Waals surface area contributed by atoms with Gasteiger partial charge in [0.15, 0.2) is 5.79 Å². The fraction of sp³-hybridized carbons (Fsp3) is 0.906. The summed E-state index contributed by atoms with van der Waals surface area (Å²) in [6.45, 7) is 10.3. The van der Waals surface area contributed by atoms with Crippen LogP contribution in [0.15, 0.2) is 0 Å². The summed E-state index contributed by atoms with van der Waals surface area (Å²) in [5.41, 5.74) is -0.700. The molecule has 0 bridgehead atoms. The second kappa shape index (κ2) is 15.0. The molecule has 1 heterocycles. The van der Waals surface area contributed by atoms with Gasteiger partial charge in [-0.1, -0.05) is 78.6 Å². The molecule has 1 saturated heterocycles. The van der Waals surface area contributed by atoms with E-state index in [1.807, 2.05) is 13.8 Å². The van der Waals surface area contributed by atoms with E-state index in [0.717, 1.165) is 57.8 Å². The Morgan fingerprint density at radius 2 is 1.57 bits per heavy atom. The molecular formula is C32H56N2O6. The molecule has 3 unspecified atom stereocenters. The first-order chi connectivity index (χ1) is 19.0. The number of rotatable bonds is 15. The fourth-order valence-electron chi connectivity index (χ4n) is 6.27. The highest BCUT2D eigenvalue weighted by atomic mass is 16.7. The molecule has 40 heavy (non-hydrogen) atoms. The van der Waals surface area contributed by atoms with Crippen LogP contribution in [0.2, 0.25) is 0 Å². The van der Waals surface area contributed by atoms with Crippen LogP contribution in [0.1, 0.15) is 137 Å². The SMILES string of the molecule is CCCCCCCCCC1(C(=O)NC2CCCCC2OC(=O)CCNC(=O)C2OC(C)(C)OCC2(C)C)CCC1. The monoisotopic (exact) mass is 564 g/mol. The number of hydrogen-bond donors (Lipinski definition) is 2. The molecule has 3 rings (SSSR count). The third-order valence-electron chi connectivity index (χ3n) is 9.12. The number of amides is 2. The Morgan fingerprint density at radius 1 is 0.900 bits per heavy atom. The zero-order valence-corrected chi connectivity index (χ0v) is 25.9. The molecule has 3 atom stereocenters. The fourth-order valence-corrected chi connectivity index (χ4v) is 6.27. The van der Waals surface area contributed by atoms with Crippen molar-refractivity contribution in [3.8, 4) is 0 Å². The average Bonchev–Trinajstić information content (AvgIpc) is 2.87. The summed E-state index contributed by atoms with van der Waals surface area (Å²) in [7, 11) is 0. The Labute approximate surface area is 242 Å². The summed E-state index contributed by atoms with van der Waals surface area (Å²) in [6, 6.07) is -0.134. The number of ether oxygens (including phenoxy) is 3. The minimum atomic E-state index is -0.830. The van der Waals surface area contributed by atoms with Gasteiger partial charge in [-0.3, -0.25) is 14.4 Å². The van der Waals surface area contributed by atoms with Crippen LogP contribution in [-0.4, -0.2) is 55.0 Å². The third-order valence-corrected chi connectivity index (χ3v) is 9.12. The van der Waals surface area contributed by atoms with E-state index in [1.165, 1.54) is 38.5 Å². The van der Waals surface area contributed by atoms with Crippen LogP contribution in [0.5, 0.6) is 0 Å². The number of esters is 1. The highest BCUT2D eigenvalue weighted by molar-refractivity contribution is 5.84. The molecule has 2 aliphatic carbocycles. The highest BCUT2D eigenvalue weighted by Gasteiger charge is 2.46. The lowest BCUT2D eigenvalue weighted by Crippen LogP contribution is -2.56. The van der Waals surface area contributed by atoms with Crippen molar-refractivity contribution in [2.75, 3.05) is 13.2 Å². The van der Waals surface area contributed by atoms with E-state index in [9.17, 15) is 14.4 Å². The van der Waals surface area contributed by atoms with Gasteiger partial charge in [0.05, 0.1) is 19.1 Å². The molecule has 3 fully saturated rings. The van der Waals surface area contributed by atoms with E-state index >= 15 is 0 Å². The van der Waals surface area contributed by atoms with Gasteiger partial charge < -0.3 is 24.8 Å². The van der Waals surface area contributed by atoms with Crippen molar-refractivity contribution in [1.82, 2.24) is 10.6 Å². The van der Waals surface area contributed by atoms with Crippen molar-refractivity contribution in [2.24, 2.45) is 10.8 Å². The van der Waals surface area contributed by atoms with Gasteiger partial charge in [0.1, 0.15) is 12.2 Å². The summed E-state index contributed by atoms with van der Waals surface area (Å²) < 4.78 is 17.4. The van der Waals surface area contributed by atoms with E-state index in [2.05, 4.69) is 17.6 Å². The molecule has 0 aromatic carbocycles. The Morgan fingerprint density at radius 3 is 2.25 bits per heavy atom. The maximum Gasteiger partial charge on any atom is 0.307 e. The number of hydrogen-bond acceptors (Lipinski definition) is 6. The van der Waals surface area contributed by atoms with Gasteiger partial charge in [0.25, 0.3) is 0 Å². The lowest BCUT2D eigenvalue weighted by molar-refractivity contribution is -0.304. The van der Waals surface area contributed by atoms with Crippen molar-refractivity contribution in [3.63, 3.8) is 0 Å². The first-order valence-corrected chi connectivity index (χ1v) is 16.1. The topological polar surface area (TPSA) is 103 Å². The molecule has 1 aliphatic heterocycles. The highest BCUT2D eigenvalue weighted by Crippen LogP contribution is 2.46. The van der Waals surface area contributed by atoms with Crippen LogP contribution < -0.4 is 10.6 Å². The summed E-state index contributed by atoms with van der Waals surface area (Å²) in [5.74, 6) is -1.26. The molecular weight excluding hydrogens is 508 g/mol. The van der Waals surface area contributed by atoms with Crippen LogP contribution in [0.25, 0.3) is 0 Å². The molecule has 3 aliphatic rings. The van der Waals surface area contributed by atoms with Crippen molar-refractivity contribution in [3.05, 3.63) is 0 Å². The molecule has 0 spiro atoms. The standard InChI is InChI=1S/C32H56N2O6/c1-6-7-8-9-10-11-14-19-32(20-15-21-32)29(37)34-24-16-12-13-17-25(24)39-26(35)18-22-33-28(36)27-30(2,3)23-38-31(4,5)40-27/h24-25,27H,6-23H2,1-5H3,(H,33,36)(H,34,37). The van der Waals surface area contributed by atoms with Crippen LogP contribution in [-0.2, 0) is 28.6 Å². The summed E-state index contributed by atoms with van der Waals surface area (Å²) >= 11 is 0. The second-order valence-electron chi connectivity index (χ2n) is 13.6. The van der Waals surface area contributed by atoms with Gasteiger partial charge >= 0.3 is 5.97 Å². The summed E-state index contributed by atoms with van der Waals surface area (Å²) in [6.07, 6.45) is 15.5. The maximum absolute atomic E-state index is 13.4. The van der Waals surface area contributed by atoms with E-state index in [1.54, 1.807) is 13.8 Å². The lowest BCUT2D eigenvalue weighted by atomic mass is 9.65. The lowest BCUT2D eigenvalue weighted by Gasteiger charge is -2.44. The van der Waals surface area contributed by atoms with Crippen molar-refractivity contribution in [1.29, 1.82) is 0 Å². The van der Waals surface area contributed by atoms with Gasteiger partial charge in [0, 0.05) is 17.4 Å². The molecule has 8 nitrogen and oxygen atoms in total. The second-order valence-corrected chi connectivity index (χ2v) is 13.6. The van der Waals surface area contributed by atoms with Crippen molar-refractivity contribution >= 4 is 17.8 Å². The van der Waals surface area contributed by atoms with Crippen LogP contribution in [0.3, 0.4) is 0 Å². The third kappa shape index (κ3) is 9.43. The molecule has 0 aromatic rings. The van der Waals surface area contributed by atoms with Crippen LogP contribution in [0.4, 0.5) is 0 Å². The number of carbonyl (C=O) groups is 3. The molecule has 230 valence electrons. The Kier molecular flexibility index (Phi) is 12.3. The Bertz CT molecular complexity index is 837. The molecule has 2 amide bonds. The Balaban J connectivity index is 1.42.